The Morgan fingerprint density at radius 2 is 1.59 bits per heavy atom. The highest BCUT2D eigenvalue weighted by Crippen LogP contribution is 2.27. The lowest BCUT2D eigenvalue weighted by molar-refractivity contribution is -0.119. The number of rotatable bonds is 8. The Kier molecular flexibility index (Phi) is 8.19. The van der Waals surface area contributed by atoms with Crippen LogP contribution in [0.2, 0.25) is 0 Å². The molecule has 10 heteroatoms. The van der Waals surface area contributed by atoms with Crippen LogP contribution < -0.4 is 15.0 Å². The van der Waals surface area contributed by atoms with Crippen molar-refractivity contribution in [3.63, 3.8) is 0 Å². The first-order valence-corrected chi connectivity index (χ1v) is 12.8. The van der Waals surface area contributed by atoms with Gasteiger partial charge in [-0.2, -0.15) is 5.10 Å². The zero-order valence-corrected chi connectivity index (χ0v) is 20.9. The minimum absolute atomic E-state index is 0.242. The van der Waals surface area contributed by atoms with Gasteiger partial charge in [-0.15, -0.1) is 0 Å². The first kappa shape index (κ1) is 25.1. The molecule has 0 saturated carbocycles. The molecule has 0 aliphatic carbocycles. The molecule has 0 unspecified atom stereocenters. The van der Waals surface area contributed by atoms with Gasteiger partial charge in [0.15, 0.2) is 0 Å². The number of nitrogens with one attached hydrogen (secondary N) is 2. The van der Waals surface area contributed by atoms with E-state index >= 15 is 0 Å². The van der Waals surface area contributed by atoms with E-state index in [1.165, 1.54) is 0 Å². The van der Waals surface area contributed by atoms with Gasteiger partial charge in [0.1, 0.15) is 6.54 Å². The van der Waals surface area contributed by atoms with Gasteiger partial charge < -0.3 is 5.32 Å². The van der Waals surface area contributed by atoms with Crippen molar-refractivity contribution in [2.24, 2.45) is 5.10 Å². The van der Waals surface area contributed by atoms with Crippen LogP contribution in [-0.4, -0.2) is 38.7 Å². The third kappa shape index (κ3) is 6.75. The molecule has 0 fully saturated rings. The minimum Gasteiger partial charge on any atom is -0.322 e. The molecule has 176 valence electrons. The fourth-order valence-corrected chi connectivity index (χ4v) is 4.51. The molecule has 0 saturated heterocycles. The monoisotopic (exact) mass is 542 g/mol. The Labute approximate surface area is 206 Å². The molecule has 2 amide bonds. The predicted octanol–water partition coefficient (Wildman–Crippen LogP) is 4.01. The lowest BCUT2D eigenvalue weighted by atomic mass is 10.1. The van der Waals surface area contributed by atoms with Crippen LogP contribution in [-0.2, 0) is 14.8 Å². The molecule has 0 aromatic heterocycles. The maximum absolute atomic E-state index is 12.5. The molecule has 3 aromatic carbocycles. The third-order valence-corrected chi connectivity index (χ3v) is 6.53. The molecular weight excluding hydrogens is 520 g/mol. The molecule has 3 rings (SSSR count). The van der Waals surface area contributed by atoms with E-state index in [1.54, 1.807) is 79.7 Å². The van der Waals surface area contributed by atoms with Crippen LogP contribution in [0, 0.1) is 0 Å². The maximum atomic E-state index is 12.5. The van der Waals surface area contributed by atoms with Crippen LogP contribution in [0.5, 0.6) is 0 Å². The van der Waals surface area contributed by atoms with Gasteiger partial charge in [0, 0.05) is 15.7 Å². The molecule has 34 heavy (non-hydrogen) atoms. The largest absolute Gasteiger partial charge is 0.322 e. The van der Waals surface area contributed by atoms with Crippen molar-refractivity contribution in [3.8, 4) is 0 Å². The van der Waals surface area contributed by atoms with Crippen LogP contribution in [0.1, 0.15) is 22.8 Å². The Morgan fingerprint density at radius 1 is 0.941 bits per heavy atom. The molecule has 0 heterocycles. The van der Waals surface area contributed by atoms with Crippen molar-refractivity contribution >= 4 is 54.9 Å². The Bertz CT molecular complexity index is 1330. The van der Waals surface area contributed by atoms with E-state index < -0.39 is 22.5 Å². The number of sulfonamides is 1. The number of halogens is 1. The van der Waals surface area contributed by atoms with E-state index in [0.29, 0.717) is 32.7 Å². The summed E-state index contributed by atoms with van der Waals surface area (Å²) < 4.78 is 26.1. The van der Waals surface area contributed by atoms with Crippen molar-refractivity contribution in [1.82, 2.24) is 5.43 Å². The predicted molar refractivity (Wildman–Crippen MR) is 138 cm³/mol. The normalized spacial score (nSPS) is 11.6. The summed E-state index contributed by atoms with van der Waals surface area (Å²) in [4.78, 5) is 24.9. The number of para-hydroxylation sites is 1. The van der Waals surface area contributed by atoms with Crippen LogP contribution in [0.4, 0.5) is 11.4 Å². The molecule has 0 radical (unpaired) electrons. The second-order valence-corrected chi connectivity index (χ2v) is 10.1. The molecule has 0 aliphatic heterocycles. The van der Waals surface area contributed by atoms with Crippen LogP contribution in [0.15, 0.2) is 88.4 Å². The zero-order valence-electron chi connectivity index (χ0n) is 18.5. The molecule has 0 atom stereocenters. The fourth-order valence-electron chi connectivity index (χ4n) is 3.03. The SMILES string of the molecule is CC(=NNC(=O)CN(c1ccccc1Br)S(C)(=O)=O)c1cccc(NC(=O)c2ccccc2)c1. The quantitative estimate of drug-likeness (QED) is 0.331. The highest BCUT2D eigenvalue weighted by atomic mass is 79.9. The maximum Gasteiger partial charge on any atom is 0.260 e. The van der Waals surface area contributed by atoms with Gasteiger partial charge in [-0.3, -0.25) is 13.9 Å². The zero-order chi connectivity index (χ0) is 24.7. The topological polar surface area (TPSA) is 108 Å². The first-order chi connectivity index (χ1) is 16.1. The summed E-state index contributed by atoms with van der Waals surface area (Å²) in [5.41, 5.74) is 5.02. The van der Waals surface area contributed by atoms with E-state index in [2.05, 4.69) is 31.8 Å². The average Bonchev–Trinajstić information content (AvgIpc) is 2.81. The second kappa shape index (κ2) is 11.1. The van der Waals surface area contributed by atoms with Gasteiger partial charge in [-0.1, -0.05) is 42.5 Å². The number of anilines is 2. The van der Waals surface area contributed by atoms with Gasteiger partial charge in [0.25, 0.3) is 11.8 Å². The van der Waals surface area contributed by atoms with Crippen LogP contribution >= 0.6 is 15.9 Å². The van der Waals surface area contributed by atoms with E-state index in [4.69, 9.17) is 0 Å². The number of nitrogens with zero attached hydrogens (tertiary/aromatic N) is 2. The summed E-state index contributed by atoms with van der Waals surface area (Å²) in [6.45, 7) is 1.26. The fraction of sp³-hybridized carbons (Fsp3) is 0.125. The highest BCUT2D eigenvalue weighted by Gasteiger charge is 2.22. The summed E-state index contributed by atoms with van der Waals surface area (Å²) in [5, 5.41) is 6.92. The average molecular weight is 543 g/mol. The molecular formula is C24H23BrN4O4S. The van der Waals surface area contributed by atoms with Gasteiger partial charge >= 0.3 is 0 Å². The third-order valence-electron chi connectivity index (χ3n) is 4.73. The second-order valence-electron chi connectivity index (χ2n) is 7.35. The summed E-state index contributed by atoms with van der Waals surface area (Å²) in [6, 6.07) is 22.6. The summed E-state index contributed by atoms with van der Waals surface area (Å²) >= 11 is 3.32. The number of hydrazone groups is 1. The van der Waals surface area contributed by atoms with Gasteiger partial charge in [0.2, 0.25) is 10.0 Å². The minimum atomic E-state index is -3.71. The molecule has 0 aliphatic rings. The van der Waals surface area contributed by atoms with E-state index in [0.717, 1.165) is 10.6 Å². The molecule has 2 N–H and O–H groups in total. The van der Waals surface area contributed by atoms with Crippen molar-refractivity contribution in [2.75, 3.05) is 22.4 Å². The number of hydrogen-bond acceptors (Lipinski definition) is 5. The van der Waals surface area contributed by atoms with E-state index in [1.807, 2.05) is 6.07 Å². The summed E-state index contributed by atoms with van der Waals surface area (Å²) in [7, 11) is -3.71. The smallest absolute Gasteiger partial charge is 0.260 e. The Hall–Kier alpha value is -3.50. The molecule has 0 spiro atoms. The molecule has 8 nitrogen and oxygen atoms in total. The lowest BCUT2D eigenvalue weighted by Crippen LogP contribution is -2.39. The first-order valence-electron chi connectivity index (χ1n) is 10.2. The molecule has 0 bridgehead atoms. The van der Waals surface area contributed by atoms with Crippen molar-refractivity contribution in [1.29, 1.82) is 0 Å². The number of benzene rings is 3. The number of hydrogen-bond donors (Lipinski definition) is 2. The Balaban J connectivity index is 1.69. The Morgan fingerprint density at radius 3 is 2.26 bits per heavy atom. The number of carbonyl (C=O) groups excluding carboxylic acids is 2. The molecule has 3 aromatic rings. The van der Waals surface area contributed by atoms with E-state index in [-0.39, 0.29) is 5.91 Å². The van der Waals surface area contributed by atoms with Crippen LogP contribution in [0.3, 0.4) is 0 Å². The lowest BCUT2D eigenvalue weighted by Gasteiger charge is -2.22. The standard InChI is InChI=1S/C24H23BrN4O4S/c1-17(19-11-8-12-20(15-19)26-24(31)18-9-4-3-5-10-18)27-28-23(30)16-29(34(2,32)33)22-14-7-6-13-21(22)25/h3-15H,16H2,1-2H3,(H,26,31)(H,28,30). The van der Waals surface area contributed by atoms with E-state index in [9.17, 15) is 18.0 Å². The highest BCUT2D eigenvalue weighted by molar-refractivity contribution is 9.10. The summed E-state index contributed by atoms with van der Waals surface area (Å²) in [5.74, 6) is -0.845. The van der Waals surface area contributed by atoms with Gasteiger partial charge in [0.05, 0.1) is 17.7 Å². The number of carbonyl (C=O) groups is 2. The van der Waals surface area contributed by atoms with Crippen molar-refractivity contribution in [3.05, 3.63) is 94.5 Å². The van der Waals surface area contributed by atoms with Crippen molar-refractivity contribution in [2.45, 2.75) is 6.92 Å². The van der Waals surface area contributed by atoms with Crippen LogP contribution in [0.25, 0.3) is 0 Å². The van der Waals surface area contributed by atoms with Crippen molar-refractivity contribution < 1.29 is 18.0 Å². The van der Waals surface area contributed by atoms with Gasteiger partial charge in [-0.25, -0.2) is 13.8 Å². The van der Waals surface area contributed by atoms with Gasteiger partial charge in [-0.05, 0) is 64.8 Å². The summed E-state index contributed by atoms with van der Waals surface area (Å²) in [6.07, 6.45) is 1.03. The number of amides is 2.